The van der Waals surface area contributed by atoms with Gasteiger partial charge in [-0.1, -0.05) is 34.1 Å². The van der Waals surface area contributed by atoms with E-state index in [-0.39, 0.29) is 0 Å². The monoisotopic (exact) mass is 337 g/mol. The van der Waals surface area contributed by atoms with Gasteiger partial charge in [-0.3, -0.25) is 0 Å². The van der Waals surface area contributed by atoms with Crippen molar-refractivity contribution in [3.63, 3.8) is 0 Å². The quantitative estimate of drug-likeness (QED) is 0.881. The van der Waals surface area contributed by atoms with E-state index in [1.807, 2.05) is 25.1 Å². The van der Waals surface area contributed by atoms with Gasteiger partial charge in [0.05, 0.1) is 0 Å². The van der Waals surface area contributed by atoms with E-state index in [0.717, 1.165) is 5.56 Å². The molecule has 0 bridgehead atoms. The van der Waals surface area contributed by atoms with Gasteiger partial charge < -0.3 is 10.4 Å². The normalized spacial score (nSPS) is 11.9. The Morgan fingerprint density at radius 2 is 2.05 bits per heavy atom. The summed E-state index contributed by atoms with van der Waals surface area (Å²) in [4.78, 5) is 11.4. The van der Waals surface area contributed by atoms with Crippen molar-refractivity contribution in [2.45, 2.75) is 13.0 Å². The molecule has 5 heteroatoms. The maximum absolute atomic E-state index is 13.1. The fourth-order valence-electron chi connectivity index (χ4n) is 1.91. The molecule has 1 unspecified atom stereocenters. The lowest BCUT2D eigenvalue weighted by molar-refractivity contribution is -0.138. The minimum absolute atomic E-state index is 0.416. The van der Waals surface area contributed by atoms with E-state index >= 15 is 0 Å². The maximum Gasteiger partial charge on any atom is 0.330 e. The summed E-state index contributed by atoms with van der Waals surface area (Å²) in [7, 11) is 0. The molecule has 0 radical (unpaired) electrons. The number of hydrogen-bond donors (Lipinski definition) is 2. The number of carbonyl (C=O) groups is 1. The summed E-state index contributed by atoms with van der Waals surface area (Å²) in [5.74, 6) is -1.45. The van der Waals surface area contributed by atoms with E-state index in [9.17, 15) is 14.3 Å². The molecular weight excluding hydrogens is 325 g/mol. The third kappa shape index (κ3) is 3.36. The number of aliphatic carboxylic acids is 1. The van der Waals surface area contributed by atoms with Crippen LogP contribution in [-0.4, -0.2) is 11.1 Å². The summed E-state index contributed by atoms with van der Waals surface area (Å²) >= 11 is 3.20. The Morgan fingerprint density at radius 1 is 1.30 bits per heavy atom. The molecule has 0 aliphatic carbocycles. The predicted octanol–water partition coefficient (Wildman–Crippen LogP) is 4.13. The van der Waals surface area contributed by atoms with E-state index in [1.54, 1.807) is 6.07 Å². The summed E-state index contributed by atoms with van der Waals surface area (Å²) in [6.07, 6.45) is 0. The standard InChI is InChI=1S/C15H13BrFNO2/c1-9-3-2-4-11(7-9)18-14(15(19)20)12-6-5-10(17)8-13(12)16/h2-8,14,18H,1H3,(H,19,20). The van der Waals surface area contributed by atoms with Crippen LogP contribution in [-0.2, 0) is 4.79 Å². The van der Waals surface area contributed by atoms with Gasteiger partial charge in [0.15, 0.2) is 6.04 Å². The number of nitrogens with one attached hydrogen (secondary N) is 1. The third-order valence-corrected chi connectivity index (χ3v) is 3.54. The van der Waals surface area contributed by atoms with Gasteiger partial charge in [-0.05, 0) is 42.3 Å². The molecule has 1 atom stereocenters. The van der Waals surface area contributed by atoms with Crippen molar-refractivity contribution in [2.24, 2.45) is 0 Å². The van der Waals surface area contributed by atoms with Gasteiger partial charge in [-0.25, -0.2) is 9.18 Å². The zero-order chi connectivity index (χ0) is 14.7. The molecule has 3 nitrogen and oxygen atoms in total. The number of carboxylic acids is 1. The molecule has 104 valence electrons. The number of halogens is 2. The van der Waals surface area contributed by atoms with Gasteiger partial charge in [-0.15, -0.1) is 0 Å². The van der Waals surface area contributed by atoms with Gasteiger partial charge in [0.1, 0.15) is 5.82 Å². The molecule has 0 aromatic heterocycles. The molecule has 0 heterocycles. The van der Waals surface area contributed by atoms with Crippen LogP contribution in [0.15, 0.2) is 46.9 Å². The SMILES string of the molecule is Cc1cccc(NC(C(=O)O)c2ccc(F)cc2Br)c1. The first-order chi connectivity index (χ1) is 9.47. The van der Waals surface area contributed by atoms with Crippen LogP contribution >= 0.6 is 15.9 Å². The van der Waals surface area contributed by atoms with E-state index < -0.39 is 17.8 Å². The first kappa shape index (κ1) is 14.5. The number of anilines is 1. The van der Waals surface area contributed by atoms with Gasteiger partial charge in [0.25, 0.3) is 0 Å². The average Bonchev–Trinajstić information content (AvgIpc) is 2.36. The molecule has 2 aromatic carbocycles. The highest BCUT2D eigenvalue weighted by atomic mass is 79.9. The largest absolute Gasteiger partial charge is 0.479 e. The first-order valence-electron chi connectivity index (χ1n) is 5.98. The van der Waals surface area contributed by atoms with Crippen LogP contribution in [0, 0.1) is 12.7 Å². The topological polar surface area (TPSA) is 49.3 Å². The number of rotatable bonds is 4. The Balaban J connectivity index is 2.34. The van der Waals surface area contributed by atoms with E-state index in [1.165, 1.54) is 18.2 Å². The van der Waals surface area contributed by atoms with Crippen LogP contribution in [0.4, 0.5) is 10.1 Å². The molecule has 0 saturated carbocycles. The minimum Gasteiger partial charge on any atom is -0.479 e. The molecular formula is C15H13BrFNO2. The van der Waals surface area contributed by atoms with Crippen molar-refractivity contribution in [3.05, 3.63) is 63.9 Å². The summed E-state index contributed by atoms with van der Waals surface area (Å²) in [6.45, 7) is 1.93. The summed E-state index contributed by atoms with van der Waals surface area (Å²) in [6, 6.07) is 10.4. The lowest BCUT2D eigenvalue weighted by atomic mass is 10.1. The molecule has 0 aliphatic heterocycles. The van der Waals surface area contributed by atoms with Crippen LogP contribution in [0.1, 0.15) is 17.2 Å². The number of benzene rings is 2. The Kier molecular flexibility index (Phi) is 4.39. The molecule has 0 spiro atoms. The Bertz CT molecular complexity index is 646. The van der Waals surface area contributed by atoms with Crippen molar-refractivity contribution < 1.29 is 14.3 Å². The second-order valence-corrected chi connectivity index (χ2v) is 5.31. The van der Waals surface area contributed by atoms with Crippen molar-refractivity contribution >= 4 is 27.6 Å². The Hall–Kier alpha value is -1.88. The molecule has 2 aromatic rings. The molecule has 0 amide bonds. The molecule has 0 fully saturated rings. The van der Waals surface area contributed by atoms with E-state index in [2.05, 4.69) is 21.2 Å². The molecule has 20 heavy (non-hydrogen) atoms. The average molecular weight is 338 g/mol. The smallest absolute Gasteiger partial charge is 0.330 e. The zero-order valence-electron chi connectivity index (χ0n) is 10.7. The first-order valence-corrected chi connectivity index (χ1v) is 6.77. The van der Waals surface area contributed by atoms with Crippen molar-refractivity contribution in [1.82, 2.24) is 0 Å². The second kappa shape index (κ2) is 6.05. The second-order valence-electron chi connectivity index (χ2n) is 4.45. The third-order valence-electron chi connectivity index (χ3n) is 2.85. The lowest BCUT2D eigenvalue weighted by Crippen LogP contribution is -2.21. The molecule has 2 N–H and O–H groups in total. The van der Waals surface area contributed by atoms with E-state index in [4.69, 9.17) is 0 Å². The van der Waals surface area contributed by atoms with Crippen LogP contribution in [0.25, 0.3) is 0 Å². The summed E-state index contributed by atoms with van der Waals surface area (Å²) < 4.78 is 13.5. The van der Waals surface area contributed by atoms with Crippen LogP contribution in [0.2, 0.25) is 0 Å². The zero-order valence-corrected chi connectivity index (χ0v) is 12.3. The van der Waals surface area contributed by atoms with Crippen molar-refractivity contribution in [3.8, 4) is 0 Å². The maximum atomic E-state index is 13.1. The van der Waals surface area contributed by atoms with Crippen LogP contribution in [0.3, 0.4) is 0 Å². The molecule has 0 saturated heterocycles. The number of carboxylic acid groups (broad SMARTS) is 1. The van der Waals surface area contributed by atoms with Gasteiger partial charge in [0, 0.05) is 10.2 Å². The highest BCUT2D eigenvalue weighted by Gasteiger charge is 2.22. The van der Waals surface area contributed by atoms with E-state index in [0.29, 0.717) is 15.7 Å². The molecule has 0 aliphatic rings. The van der Waals surface area contributed by atoms with Crippen LogP contribution < -0.4 is 5.32 Å². The highest BCUT2D eigenvalue weighted by molar-refractivity contribution is 9.10. The lowest BCUT2D eigenvalue weighted by Gasteiger charge is -2.18. The number of hydrogen-bond acceptors (Lipinski definition) is 2. The summed E-state index contributed by atoms with van der Waals surface area (Å²) in [5, 5.41) is 12.3. The van der Waals surface area contributed by atoms with Gasteiger partial charge >= 0.3 is 5.97 Å². The Morgan fingerprint density at radius 3 is 2.65 bits per heavy atom. The summed E-state index contributed by atoms with van der Waals surface area (Å²) in [5.41, 5.74) is 2.20. The molecule has 2 rings (SSSR count). The number of aryl methyl sites for hydroxylation is 1. The fraction of sp³-hybridized carbons (Fsp3) is 0.133. The van der Waals surface area contributed by atoms with Gasteiger partial charge in [-0.2, -0.15) is 0 Å². The Labute approximate surface area is 124 Å². The highest BCUT2D eigenvalue weighted by Crippen LogP contribution is 2.28. The fourth-order valence-corrected chi connectivity index (χ4v) is 2.49. The van der Waals surface area contributed by atoms with Crippen molar-refractivity contribution in [2.75, 3.05) is 5.32 Å². The van der Waals surface area contributed by atoms with Crippen LogP contribution in [0.5, 0.6) is 0 Å². The van der Waals surface area contributed by atoms with Gasteiger partial charge in [0.2, 0.25) is 0 Å². The predicted molar refractivity (Wildman–Crippen MR) is 79.3 cm³/mol. The van der Waals surface area contributed by atoms with Crippen molar-refractivity contribution in [1.29, 1.82) is 0 Å². The minimum atomic E-state index is -1.03.